The van der Waals surface area contributed by atoms with Crippen molar-refractivity contribution in [2.75, 3.05) is 26.2 Å². The van der Waals surface area contributed by atoms with E-state index in [0.717, 1.165) is 35.2 Å². The lowest BCUT2D eigenvalue weighted by molar-refractivity contribution is 0.259. The Morgan fingerprint density at radius 1 is 1.17 bits per heavy atom. The fourth-order valence-electron chi connectivity index (χ4n) is 3.87. The zero-order valence-corrected chi connectivity index (χ0v) is 20.6. The first-order valence-corrected chi connectivity index (χ1v) is 12.0. The van der Waals surface area contributed by atoms with E-state index in [2.05, 4.69) is 39.1 Å². The van der Waals surface area contributed by atoms with E-state index in [1.165, 1.54) is 19.4 Å². The topological polar surface area (TPSA) is 33.7 Å². The van der Waals surface area contributed by atoms with Crippen molar-refractivity contribution in [3.05, 3.63) is 56.0 Å². The average Bonchev–Trinajstić information content (AvgIpc) is 3.17. The van der Waals surface area contributed by atoms with Gasteiger partial charge in [0, 0.05) is 34.7 Å². The van der Waals surface area contributed by atoms with Gasteiger partial charge in [-0.15, -0.1) is 0 Å². The number of hydrogen-bond donors (Lipinski definition) is 1. The molecule has 1 heterocycles. The SMILES string of the molecule is CCOc1cc(CNCC2CCCN2CC)cc(Br)c1OCc1c(Cl)cccc1Cl. The molecule has 0 amide bonds. The maximum absolute atomic E-state index is 6.27. The molecule has 0 aromatic heterocycles. The molecular formula is C23H29BrCl2N2O2. The van der Waals surface area contributed by atoms with Crippen LogP contribution < -0.4 is 14.8 Å². The molecule has 1 atom stereocenters. The first-order valence-electron chi connectivity index (χ1n) is 10.5. The van der Waals surface area contributed by atoms with Crippen LogP contribution in [0.1, 0.15) is 37.8 Å². The molecule has 1 unspecified atom stereocenters. The molecule has 1 N–H and O–H groups in total. The summed E-state index contributed by atoms with van der Waals surface area (Å²) >= 11 is 16.2. The van der Waals surface area contributed by atoms with E-state index in [-0.39, 0.29) is 6.61 Å². The number of nitrogens with one attached hydrogen (secondary N) is 1. The molecule has 0 saturated carbocycles. The van der Waals surface area contributed by atoms with Crippen molar-refractivity contribution >= 4 is 39.1 Å². The Kier molecular flexibility index (Phi) is 9.14. The van der Waals surface area contributed by atoms with E-state index in [0.29, 0.717) is 34.2 Å². The Bertz CT molecular complexity index is 830. The van der Waals surface area contributed by atoms with Crippen LogP contribution in [0.3, 0.4) is 0 Å². The van der Waals surface area contributed by atoms with Crippen LogP contribution in [-0.2, 0) is 13.2 Å². The molecule has 2 aromatic carbocycles. The van der Waals surface area contributed by atoms with Gasteiger partial charge in [0.1, 0.15) is 6.61 Å². The summed E-state index contributed by atoms with van der Waals surface area (Å²) < 4.78 is 12.8. The summed E-state index contributed by atoms with van der Waals surface area (Å²) in [7, 11) is 0. The summed E-state index contributed by atoms with van der Waals surface area (Å²) in [5.74, 6) is 1.37. The van der Waals surface area contributed by atoms with Gasteiger partial charge in [-0.05, 0) is 78.6 Å². The summed E-state index contributed by atoms with van der Waals surface area (Å²) in [5.41, 5.74) is 1.91. The van der Waals surface area contributed by atoms with Gasteiger partial charge in [-0.1, -0.05) is 36.2 Å². The monoisotopic (exact) mass is 514 g/mol. The average molecular weight is 516 g/mol. The lowest BCUT2D eigenvalue weighted by Gasteiger charge is -2.23. The highest BCUT2D eigenvalue weighted by Gasteiger charge is 2.22. The first-order chi connectivity index (χ1) is 14.5. The van der Waals surface area contributed by atoms with E-state index >= 15 is 0 Å². The van der Waals surface area contributed by atoms with Gasteiger partial charge in [-0.25, -0.2) is 0 Å². The quantitative estimate of drug-likeness (QED) is 0.402. The molecule has 3 rings (SSSR count). The number of ether oxygens (including phenoxy) is 2. The highest BCUT2D eigenvalue weighted by molar-refractivity contribution is 9.10. The van der Waals surface area contributed by atoms with E-state index in [1.54, 1.807) is 0 Å². The maximum atomic E-state index is 6.27. The Hall–Kier alpha value is -0.980. The van der Waals surface area contributed by atoms with Gasteiger partial charge in [0.2, 0.25) is 0 Å². The molecule has 7 heteroatoms. The van der Waals surface area contributed by atoms with E-state index < -0.39 is 0 Å². The predicted molar refractivity (Wildman–Crippen MR) is 128 cm³/mol. The summed E-state index contributed by atoms with van der Waals surface area (Å²) in [4.78, 5) is 2.55. The van der Waals surface area contributed by atoms with Crippen LogP contribution in [0.25, 0.3) is 0 Å². The third-order valence-corrected chi connectivity index (χ3v) is 6.70. The Morgan fingerprint density at radius 3 is 2.63 bits per heavy atom. The highest BCUT2D eigenvalue weighted by Crippen LogP contribution is 2.38. The smallest absolute Gasteiger partial charge is 0.175 e. The molecule has 0 radical (unpaired) electrons. The molecule has 0 bridgehead atoms. The zero-order chi connectivity index (χ0) is 21.5. The lowest BCUT2D eigenvalue weighted by atomic mass is 10.1. The number of likely N-dealkylation sites (tertiary alicyclic amines) is 1. The molecule has 4 nitrogen and oxygen atoms in total. The van der Waals surface area contributed by atoms with Gasteiger partial charge < -0.3 is 14.8 Å². The normalized spacial score (nSPS) is 16.8. The van der Waals surface area contributed by atoms with Crippen LogP contribution in [0.4, 0.5) is 0 Å². The van der Waals surface area contributed by atoms with E-state index in [1.807, 2.05) is 31.2 Å². The number of halogens is 3. The second kappa shape index (κ2) is 11.6. The molecule has 30 heavy (non-hydrogen) atoms. The van der Waals surface area contributed by atoms with Crippen molar-refractivity contribution in [3.63, 3.8) is 0 Å². The lowest BCUT2D eigenvalue weighted by Crippen LogP contribution is -2.37. The number of nitrogens with zero attached hydrogens (tertiary/aromatic N) is 1. The molecule has 1 aliphatic heterocycles. The van der Waals surface area contributed by atoms with Crippen molar-refractivity contribution in [1.29, 1.82) is 0 Å². The van der Waals surface area contributed by atoms with Gasteiger partial charge in [0.05, 0.1) is 11.1 Å². The Labute approximate surface area is 198 Å². The number of hydrogen-bond acceptors (Lipinski definition) is 4. The largest absolute Gasteiger partial charge is 0.490 e. The molecule has 1 aliphatic rings. The van der Waals surface area contributed by atoms with Crippen LogP contribution in [0, 0.1) is 0 Å². The Balaban J connectivity index is 1.67. The van der Waals surface area contributed by atoms with Crippen LogP contribution >= 0.6 is 39.1 Å². The first kappa shape index (κ1) is 23.7. The third-order valence-electron chi connectivity index (χ3n) is 5.41. The van der Waals surface area contributed by atoms with Crippen molar-refractivity contribution in [1.82, 2.24) is 10.2 Å². The fraction of sp³-hybridized carbons (Fsp3) is 0.478. The molecular weight excluding hydrogens is 487 g/mol. The maximum Gasteiger partial charge on any atom is 0.175 e. The molecule has 1 saturated heterocycles. The Morgan fingerprint density at radius 2 is 1.93 bits per heavy atom. The standard InChI is InChI=1S/C23H29BrCl2N2O2/c1-3-28-10-6-7-17(28)14-27-13-16-11-19(24)23(22(12-16)29-4-2)30-15-18-20(25)8-5-9-21(18)26/h5,8-9,11-12,17,27H,3-4,6-7,10,13-15H2,1-2H3. The van der Waals surface area contributed by atoms with Crippen LogP contribution in [-0.4, -0.2) is 37.2 Å². The number of likely N-dealkylation sites (N-methyl/N-ethyl adjacent to an activating group) is 1. The van der Waals surface area contributed by atoms with Crippen LogP contribution in [0.5, 0.6) is 11.5 Å². The third kappa shape index (κ3) is 6.04. The molecule has 0 aliphatic carbocycles. The molecule has 2 aromatic rings. The molecule has 1 fully saturated rings. The second-order valence-corrected chi connectivity index (χ2v) is 9.05. The van der Waals surface area contributed by atoms with Gasteiger partial charge in [0.25, 0.3) is 0 Å². The predicted octanol–water partition coefficient (Wildman–Crippen LogP) is 6.31. The number of rotatable bonds is 10. The summed E-state index contributed by atoms with van der Waals surface area (Å²) in [6.07, 6.45) is 2.56. The summed E-state index contributed by atoms with van der Waals surface area (Å²) in [5, 5.41) is 4.78. The zero-order valence-electron chi connectivity index (χ0n) is 17.5. The minimum Gasteiger partial charge on any atom is -0.490 e. The van der Waals surface area contributed by atoms with Crippen LogP contribution in [0.15, 0.2) is 34.8 Å². The van der Waals surface area contributed by atoms with Crippen molar-refractivity contribution in [2.45, 2.75) is 45.9 Å². The number of benzene rings is 2. The van der Waals surface area contributed by atoms with Gasteiger partial charge in [-0.2, -0.15) is 0 Å². The van der Waals surface area contributed by atoms with Gasteiger partial charge in [-0.3, -0.25) is 4.90 Å². The van der Waals surface area contributed by atoms with Crippen molar-refractivity contribution in [2.24, 2.45) is 0 Å². The highest BCUT2D eigenvalue weighted by atomic mass is 79.9. The minimum absolute atomic E-state index is 0.267. The van der Waals surface area contributed by atoms with Gasteiger partial charge >= 0.3 is 0 Å². The van der Waals surface area contributed by atoms with Crippen molar-refractivity contribution in [3.8, 4) is 11.5 Å². The minimum atomic E-state index is 0.267. The summed E-state index contributed by atoms with van der Waals surface area (Å²) in [6.45, 7) is 9.13. The summed E-state index contributed by atoms with van der Waals surface area (Å²) in [6, 6.07) is 10.2. The molecule has 164 valence electrons. The van der Waals surface area contributed by atoms with E-state index in [4.69, 9.17) is 32.7 Å². The van der Waals surface area contributed by atoms with Gasteiger partial charge in [0.15, 0.2) is 11.5 Å². The van der Waals surface area contributed by atoms with E-state index in [9.17, 15) is 0 Å². The second-order valence-electron chi connectivity index (χ2n) is 7.38. The van der Waals surface area contributed by atoms with Crippen molar-refractivity contribution < 1.29 is 9.47 Å². The molecule has 0 spiro atoms. The fourth-order valence-corrected chi connectivity index (χ4v) is 4.98. The van der Waals surface area contributed by atoms with Crippen LogP contribution in [0.2, 0.25) is 10.0 Å².